The third kappa shape index (κ3) is 8.20. The minimum Gasteiger partial charge on any atom is -0.665 e. The smallest absolute Gasteiger partial charge is 0.665 e. The molecule has 0 unspecified atom stereocenters. The first-order valence-electron chi connectivity index (χ1n) is 23.4. The topological polar surface area (TPSA) is 39.9 Å². The van der Waals surface area contributed by atoms with Crippen LogP contribution in [0.2, 0.25) is 0 Å². The van der Waals surface area contributed by atoms with Gasteiger partial charge >= 0.3 is 21.1 Å². The van der Waals surface area contributed by atoms with E-state index < -0.39 is 13.7 Å². The van der Waals surface area contributed by atoms with Crippen molar-refractivity contribution in [2.45, 2.75) is 53.7 Å². The Morgan fingerprint density at radius 1 is 0.613 bits per heavy atom. The van der Waals surface area contributed by atoms with Crippen molar-refractivity contribution >= 4 is 11.0 Å². The SMILES string of the molecule is [2H]C([2H])([2H])c1ccc(-c2ccnc(-c3[c-]c(-c4cccc5c4nc(-c4cc(C)cc(C)c4O[CH2-])n5-c4ccc(C([2H])([2H])[2H])cc4-c4ccc(C(C)(C)C)cc4)cc(-c4ccccc4)c3)c2)cc1.[Pt+2]. The largest absolute Gasteiger partial charge is 2.00 e. The van der Waals surface area contributed by atoms with Crippen LogP contribution in [0.3, 0.4) is 0 Å². The Bertz CT molecular complexity index is 3300. The van der Waals surface area contributed by atoms with E-state index in [9.17, 15) is 0 Å². The van der Waals surface area contributed by atoms with Crippen molar-refractivity contribution < 1.29 is 34.0 Å². The van der Waals surface area contributed by atoms with Crippen molar-refractivity contribution in [3.63, 3.8) is 0 Å². The van der Waals surface area contributed by atoms with Crippen LogP contribution in [0.4, 0.5) is 0 Å². The van der Waals surface area contributed by atoms with E-state index in [0.717, 1.165) is 83.5 Å². The number of aromatic nitrogens is 3. The summed E-state index contributed by atoms with van der Waals surface area (Å²) in [5, 5.41) is 0. The molecule has 4 nitrogen and oxygen atoms in total. The summed E-state index contributed by atoms with van der Waals surface area (Å²) in [5.41, 5.74) is 14.9. The second kappa shape index (κ2) is 17.2. The maximum Gasteiger partial charge on any atom is 2.00 e. The molecule has 308 valence electrons. The van der Waals surface area contributed by atoms with Gasteiger partial charge in [-0.2, -0.15) is 7.11 Å². The predicted molar refractivity (Wildman–Crippen MR) is 254 cm³/mol. The number of pyridine rings is 1. The van der Waals surface area contributed by atoms with Crippen LogP contribution in [0.5, 0.6) is 5.75 Å². The molecule has 62 heavy (non-hydrogen) atoms. The van der Waals surface area contributed by atoms with Crippen LogP contribution in [-0.4, -0.2) is 14.5 Å². The Kier molecular flexibility index (Phi) is 9.78. The first-order valence-corrected chi connectivity index (χ1v) is 20.4. The van der Waals surface area contributed by atoms with Crippen LogP contribution in [0.1, 0.15) is 56.8 Å². The van der Waals surface area contributed by atoms with Crippen molar-refractivity contribution in [2.75, 3.05) is 0 Å². The summed E-state index contributed by atoms with van der Waals surface area (Å²) in [6.45, 7) is 6.00. The van der Waals surface area contributed by atoms with Gasteiger partial charge in [0, 0.05) is 25.7 Å². The van der Waals surface area contributed by atoms with Crippen LogP contribution < -0.4 is 4.74 Å². The van der Waals surface area contributed by atoms with E-state index in [1.54, 1.807) is 30.5 Å². The molecular formula is C57H49N3OPt. The second-order valence-corrected chi connectivity index (χ2v) is 16.7. The van der Waals surface area contributed by atoms with Crippen LogP contribution in [0, 0.1) is 40.7 Å². The average molecular weight is 993 g/mol. The van der Waals surface area contributed by atoms with Crippen LogP contribution in [0.25, 0.3) is 83.9 Å². The van der Waals surface area contributed by atoms with Crippen molar-refractivity contribution in [3.05, 3.63) is 199 Å². The number of aryl methyl sites for hydroxylation is 4. The van der Waals surface area contributed by atoms with Gasteiger partial charge in [-0.15, -0.1) is 23.8 Å². The number of imidazole rings is 1. The maximum atomic E-state index is 8.43. The number of ether oxygens (including phenoxy) is 1. The van der Waals surface area contributed by atoms with Crippen LogP contribution >= 0.6 is 0 Å². The fraction of sp³-hybridized carbons (Fsp3) is 0.140. The number of hydrogen-bond acceptors (Lipinski definition) is 3. The van der Waals surface area contributed by atoms with Gasteiger partial charge < -0.3 is 4.74 Å². The molecule has 2 aromatic heterocycles. The quantitative estimate of drug-likeness (QED) is 0.142. The predicted octanol–water partition coefficient (Wildman–Crippen LogP) is 14.9. The van der Waals surface area contributed by atoms with Gasteiger partial charge in [0.25, 0.3) is 0 Å². The van der Waals surface area contributed by atoms with E-state index in [1.165, 1.54) is 0 Å². The average Bonchev–Trinajstić information content (AvgIpc) is 3.70. The molecule has 2 heterocycles. The van der Waals surface area contributed by atoms with E-state index in [0.29, 0.717) is 22.8 Å². The molecule has 0 saturated heterocycles. The van der Waals surface area contributed by atoms with E-state index in [1.807, 2.05) is 80.6 Å². The maximum absolute atomic E-state index is 8.43. The summed E-state index contributed by atoms with van der Waals surface area (Å²) in [6.07, 6.45) is 1.76. The van der Waals surface area contributed by atoms with Crippen LogP contribution in [-0.2, 0) is 26.5 Å². The molecule has 0 atom stereocenters. The molecule has 5 heteroatoms. The molecule has 9 rings (SSSR count). The summed E-state index contributed by atoms with van der Waals surface area (Å²) < 4.78 is 56.8. The number of rotatable bonds is 8. The van der Waals surface area contributed by atoms with Gasteiger partial charge in [0.1, 0.15) is 5.82 Å². The van der Waals surface area contributed by atoms with Gasteiger partial charge in [0.05, 0.1) is 28.0 Å². The van der Waals surface area contributed by atoms with E-state index in [-0.39, 0.29) is 37.6 Å². The van der Waals surface area contributed by atoms with Crippen molar-refractivity contribution in [3.8, 4) is 78.6 Å². The second-order valence-electron chi connectivity index (χ2n) is 16.7. The van der Waals surface area contributed by atoms with E-state index in [4.69, 9.17) is 22.9 Å². The molecule has 9 aromatic rings. The first-order chi connectivity index (χ1) is 31.9. The minimum absolute atomic E-state index is 0. The number of hydrogen-bond donors (Lipinski definition) is 0. The number of fused-ring (bicyclic) bond motifs is 1. The molecule has 0 bridgehead atoms. The molecule has 7 aromatic carbocycles. The molecule has 0 aliphatic carbocycles. The third-order valence-electron chi connectivity index (χ3n) is 11.3. The van der Waals surface area contributed by atoms with Crippen molar-refractivity contribution in [2.24, 2.45) is 0 Å². The fourth-order valence-electron chi connectivity index (χ4n) is 8.24. The molecule has 0 radical (unpaired) electrons. The van der Waals surface area contributed by atoms with Gasteiger partial charge in [-0.25, -0.2) is 4.98 Å². The molecule has 0 amide bonds. The molecule has 0 N–H and O–H groups in total. The summed E-state index contributed by atoms with van der Waals surface area (Å²) in [7, 11) is 3.87. The van der Waals surface area contributed by atoms with Gasteiger partial charge in [0.2, 0.25) is 0 Å². The number of para-hydroxylation sites is 1. The Morgan fingerprint density at radius 3 is 2.03 bits per heavy atom. The normalized spacial score (nSPS) is 13.3. The summed E-state index contributed by atoms with van der Waals surface area (Å²) in [4.78, 5) is 10.4. The zero-order valence-electron chi connectivity index (χ0n) is 41.3. The molecule has 0 fully saturated rings. The standard InChI is InChI=1S/C57H49N3O.Pt/c1-36-17-20-41(21-18-36)43-27-28-58-51(35-43)46-33-44(40-13-10-9-11-14-40)32-45(34-46)48-15-12-16-53-54(48)59-56(50-31-38(3)29-39(4)55(50)61-8)60(53)52-26-19-37(2)30-49(52)42-22-24-47(25-23-42)57(5,6)7;/h9-33,35H,8H2,1-7H3;/q-2;+2/i1D3,2D3;. The van der Waals surface area contributed by atoms with Gasteiger partial charge in [-0.1, -0.05) is 158 Å². The zero-order chi connectivity index (χ0) is 47.4. The molecule has 0 saturated carbocycles. The first kappa shape index (κ1) is 35.3. The molecule has 0 aliphatic rings. The minimum atomic E-state index is -2.34. The molecule has 0 spiro atoms. The van der Waals surface area contributed by atoms with Gasteiger partial charge in [-0.05, 0) is 102 Å². The third-order valence-corrected chi connectivity index (χ3v) is 11.3. The van der Waals surface area contributed by atoms with Crippen molar-refractivity contribution in [1.82, 2.24) is 14.5 Å². The Labute approximate surface area is 389 Å². The Hall–Kier alpha value is -6.35. The fourth-order valence-corrected chi connectivity index (χ4v) is 8.24. The molecular weight excluding hydrogens is 938 g/mol. The summed E-state index contributed by atoms with van der Waals surface area (Å²) in [5.74, 6) is 1.18. The van der Waals surface area contributed by atoms with Crippen molar-refractivity contribution in [1.29, 1.82) is 0 Å². The Morgan fingerprint density at radius 2 is 1.31 bits per heavy atom. The summed E-state index contributed by atoms with van der Waals surface area (Å²) >= 11 is 0. The Balaban J connectivity index is 0.00000625. The van der Waals surface area contributed by atoms with Crippen LogP contribution in [0.15, 0.2) is 158 Å². The van der Waals surface area contributed by atoms with E-state index in [2.05, 4.69) is 99.2 Å². The van der Waals surface area contributed by atoms with Gasteiger partial charge in [-0.3, -0.25) is 9.55 Å². The number of benzene rings is 7. The van der Waals surface area contributed by atoms with Gasteiger partial charge in [0.15, 0.2) is 0 Å². The number of nitrogens with zero attached hydrogens (tertiary/aromatic N) is 3. The monoisotopic (exact) mass is 992 g/mol. The summed E-state index contributed by atoms with van der Waals surface area (Å²) in [6, 6.07) is 52.9. The zero-order valence-corrected chi connectivity index (χ0v) is 37.6. The van der Waals surface area contributed by atoms with E-state index >= 15 is 0 Å². The molecule has 0 aliphatic heterocycles.